The lowest BCUT2D eigenvalue weighted by atomic mass is 10.2. The fraction of sp³-hybridized carbons (Fsp3) is 0.333. The van der Waals surface area contributed by atoms with Crippen molar-refractivity contribution in [2.24, 2.45) is 5.92 Å². The lowest BCUT2D eigenvalue weighted by Crippen LogP contribution is -2.15. The largest absolute Gasteiger partial charge is 0.469 e. The van der Waals surface area contributed by atoms with Gasteiger partial charge in [0, 0.05) is 23.4 Å². The summed E-state index contributed by atoms with van der Waals surface area (Å²) in [7, 11) is 1.22. The summed E-state index contributed by atoms with van der Waals surface area (Å²) < 4.78 is 4.51. The minimum atomic E-state index is -0.814. The zero-order valence-electron chi connectivity index (χ0n) is 11.7. The Bertz CT molecular complexity index is 600. The van der Waals surface area contributed by atoms with E-state index in [-0.39, 0.29) is 11.3 Å². The maximum Gasteiger partial charge on any atom is 0.309 e. The molecule has 1 aromatic carbocycles. The van der Waals surface area contributed by atoms with Gasteiger partial charge in [0.25, 0.3) is 11.4 Å². The predicted octanol–water partition coefficient (Wildman–Crippen LogP) is 2.19. The van der Waals surface area contributed by atoms with Crippen LogP contribution in [-0.2, 0) is 9.53 Å². The molecule has 0 aliphatic heterocycles. The molecule has 22 heavy (non-hydrogen) atoms. The van der Waals surface area contributed by atoms with Crippen LogP contribution in [0.3, 0.4) is 0 Å². The Hall–Kier alpha value is -2.49. The molecule has 0 bridgehead atoms. The van der Waals surface area contributed by atoms with Gasteiger partial charge < -0.3 is 4.74 Å². The van der Waals surface area contributed by atoms with E-state index in [2.05, 4.69) is 4.74 Å². The second-order valence-electron chi connectivity index (χ2n) is 4.27. The third kappa shape index (κ3) is 4.52. The van der Waals surface area contributed by atoms with Crippen molar-refractivity contribution < 1.29 is 24.2 Å². The average molecular weight is 328 g/mol. The van der Waals surface area contributed by atoms with Crippen molar-refractivity contribution in [1.82, 2.24) is 0 Å². The van der Waals surface area contributed by atoms with Crippen molar-refractivity contribution in [2.45, 2.75) is 6.92 Å². The Morgan fingerprint density at radius 3 is 2.09 bits per heavy atom. The molecule has 118 valence electrons. The maximum atomic E-state index is 12.0. The van der Waals surface area contributed by atoms with Crippen molar-refractivity contribution >= 4 is 34.2 Å². The maximum absolute atomic E-state index is 12.0. The molecule has 10 heteroatoms. The van der Waals surface area contributed by atoms with E-state index in [1.807, 2.05) is 0 Å². The average Bonchev–Trinajstić information content (AvgIpc) is 2.50. The second-order valence-corrected chi connectivity index (χ2v) is 5.27. The Labute approximate surface area is 128 Å². The molecule has 1 rings (SSSR count). The smallest absolute Gasteiger partial charge is 0.309 e. The topological polar surface area (TPSA) is 130 Å². The number of rotatable bonds is 6. The monoisotopic (exact) mass is 328 g/mol. The molecular weight excluding hydrogens is 316 g/mol. The molecule has 9 nitrogen and oxygen atoms in total. The minimum Gasteiger partial charge on any atom is -0.469 e. The van der Waals surface area contributed by atoms with Crippen LogP contribution in [0.4, 0.5) is 11.4 Å². The van der Waals surface area contributed by atoms with Crippen LogP contribution in [0.15, 0.2) is 18.2 Å². The van der Waals surface area contributed by atoms with Gasteiger partial charge in [-0.05, 0) is 0 Å². The fourth-order valence-electron chi connectivity index (χ4n) is 1.48. The number of benzene rings is 1. The zero-order valence-corrected chi connectivity index (χ0v) is 12.5. The summed E-state index contributed by atoms with van der Waals surface area (Å²) in [5.74, 6) is -0.944. The molecular formula is C12H12N2O7S. The normalized spacial score (nSPS) is 11.5. The van der Waals surface area contributed by atoms with Gasteiger partial charge in [-0.1, -0.05) is 18.7 Å². The van der Waals surface area contributed by atoms with E-state index in [1.165, 1.54) is 7.11 Å². The highest BCUT2D eigenvalue weighted by atomic mass is 32.2. The molecule has 0 N–H and O–H groups in total. The Balaban J connectivity index is 2.95. The summed E-state index contributed by atoms with van der Waals surface area (Å²) in [4.78, 5) is 43.1. The third-order valence-electron chi connectivity index (χ3n) is 2.63. The molecule has 1 atom stereocenters. The number of methoxy groups -OCH3 is 1. The number of thioether (sulfide) groups is 1. The first kappa shape index (κ1) is 17.6. The van der Waals surface area contributed by atoms with Crippen molar-refractivity contribution in [3.8, 4) is 0 Å². The molecule has 0 radical (unpaired) electrons. The number of nitro benzene ring substituents is 2. The van der Waals surface area contributed by atoms with Gasteiger partial charge >= 0.3 is 5.97 Å². The molecule has 0 amide bonds. The van der Waals surface area contributed by atoms with Crippen LogP contribution in [-0.4, -0.2) is 33.8 Å². The highest BCUT2D eigenvalue weighted by Crippen LogP contribution is 2.26. The summed E-state index contributed by atoms with van der Waals surface area (Å²) >= 11 is 0.737. The molecule has 0 spiro atoms. The number of nitrogens with zero attached hydrogens (tertiary/aromatic N) is 2. The summed E-state index contributed by atoms with van der Waals surface area (Å²) in [6.07, 6.45) is 0. The second kappa shape index (κ2) is 7.50. The number of hydrogen-bond acceptors (Lipinski definition) is 8. The van der Waals surface area contributed by atoms with E-state index in [0.717, 1.165) is 30.0 Å². The molecule has 0 aliphatic rings. The van der Waals surface area contributed by atoms with Gasteiger partial charge in [-0.2, -0.15) is 0 Å². The van der Waals surface area contributed by atoms with Crippen molar-refractivity contribution in [2.75, 3.05) is 12.9 Å². The molecule has 1 aromatic rings. The number of nitro groups is 2. The minimum absolute atomic E-state index is 0.0992. The van der Waals surface area contributed by atoms with E-state index >= 15 is 0 Å². The predicted molar refractivity (Wildman–Crippen MR) is 77.7 cm³/mol. The van der Waals surface area contributed by atoms with Crippen LogP contribution in [0.25, 0.3) is 0 Å². The Morgan fingerprint density at radius 2 is 1.68 bits per heavy atom. The van der Waals surface area contributed by atoms with Gasteiger partial charge in [0.2, 0.25) is 5.12 Å². The molecule has 0 heterocycles. The number of hydrogen-bond donors (Lipinski definition) is 0. The van der Waals surface area contributed by atoms with E-state index < -0.39 is 38.2 Å². The quantitative estimate of drug-likeness (QED) is 0.441. The summed E-state index contributed by atoms with van der Waals surface area (Å²) in [6, 6.07) is 2.70. The van der Waals surface area contributed by atoms with Crippen molar-refractivity contribution in [3.63, 3.8) is 0 Å². The summed E-state index contributed by atoms with van der Waals surface area (Å²) in [5.41, 5.74) is -1.25. The van der Waals surface area contributed by atoms with Gasteiger partial charge in [0.1, 0.15) is 0 Å². The standard InChI is InChI=1S/C12H12N2O7S/c1-7(11(15)21-2)6-22-12(16)8-3-9(13(17)18)5-10(4-8)14(19)20/h3-5,7H,6H2,1-2H3. The Morgan fingerprint density at radius 1 is 1.18 bits per heavy atom. The van der Waals surface area contributed by atoms with E-state index in [0.29, 0.717) is 0 Å². The number of ether oxygens (including phenoxy) is 1. The van der Waals surface area contributed by atoms with Crippen LogP contribution >= 0.6 is 11.8 Å². The lowest BCUT2D eigenvalue weighted by Gasteiger charge is -2.07. The highest BCUT2D eigenvalue weighted by molar-refractivity contribution is 8.14. The van der Waals surface area contributed by atoms with Crippen LogP contribution in [0.2, 0.25) is 0 Å². The first-order valence-electron chi connectivity index (χ1n) is 5.95. The fourth-order valence-corrected chi connectivity index (χ4v) is 2.30. The molecule has 0 aliphatic carbocycles. The summed E-state index contributed by atoms with van der Waals surface area (Å²) in [5, 5.41) is 20.9. The first-order chi connectivity index (χ1) is 10.3. The highest BCUT2D eigenvalue weighted by Gasteiger charge is 2.21. The Kier molecular flexibility index (Phi) is 5.99. The van der Waals surface area contributed by atoms with E-state index in [1.54, 1.807) is 6.92 Å². The van der Waals surface area contributed by atoms with Crippen molar-refractivity contribution in [1.29, 1.82) is 0 Å². The molecule has 0 saturated heterocycles. The van der Waals surface area contributed by atoms with Crippen LogP contribution in [0.5, 0.6) is 0 Å². The third-order valence-corrected chi connectivity index (χ3v) is 3.79. The number of non-ortho nitro benzene ring substituents is 2. The van der Waals surface area contributed by atoms with Gasteiger partial charge in [-0.3, -0.25) is 29.8 Å². The number of esters is 1. The molecule has 0 aromatic heterocycles. The van der Waals surface area contributed by atoms with Crippen LogP contribution < -0.4 is 0 Å². The van der Waals surface area contributed by atoms with Crippen LogP contribution in [0.1, 0.15) is 17.3 Å². The van der Waals surface area contributed by atoms with Gasteiger partial charge in [0.05, 0.1) is 28.9 Å². The lowest BCUT2D eigenvalue weighted by molar-refractivity contribution is -0.394. The van der Waals surface area contributed by atoms with E-state index in [4.69, 9.17) is 0 Å². The zero-order chi connectivity index (χ0) is 16.9. The summed E-state index contributed by atoms with van der Waals surface area (Å²) in [6.45, 7) is 1.56. The number of carbonyl (C=O) groups is 2. The van der Waals surface area contributed by atoms with E-state index in [9.17, 15) is 29.8 Å². The SMILES string of the molecule is COC(=O)C(C)CSC(=O)c1cc([N+](=O)[O-])cc([N+](=O)[O-])c1. The van der Waals surface area contributed by atoms with Crippen molar-refractivity contribution in [3.05, 3.63) is 44.0 Å². The number of carbonyl (C=O) groups excluding carboxylic acids is 2. The first-order valence-corrected chi connectivity index (χ1v) is 6.93. The van der Waals surface area contributed by atoms with Gasteiger partial charge in [0.15, 0.2) is 0 Å². The molecule has 0 saturated carbocycles. The van der Waals surface area contributed by atoms with Crippen LogP contribution in [0, 0.1) is 26.1 Å². The van der Waals surface area contributed by atoms with Gasteiger partial charge in [-0.15, -0.1) is 0 Å². The molecule has 0 fully saturated rings. The molecule has 1 unspecified atom stereocenters. The van der Waals surface area contributed by atoms with Gasteiger partial charge in [-0.25, -0.2) is 0 Å².